The Hall–Kier alpha value is -3.19. The van der Waals surface area contributed by atoms with Crippen LogP contribution in [0.3, 0.4) is 0 Å². The van der Waals surface area contributed by atoms with Crippen molar-refractivity contribution >= 4 is 17.8 Å². The molecule has 1 saturated heterocycles. The highest BCUT2D eigenvalue weighted by atomic mass is 16.4. The van der Waals surface area contributed by atoms with Gasteiger partial charge < -0.3 is 20.8 Å². The fourth-order valence-corrected chi connectivity index (χ4v) is 3.77. The van der Waals surface area contributed by atoms with Crippen molar-refractivity contribution in [1.82, 2.24) is 4.90 Å². The van der Waals surface area contributed by atoms with Gasteiger partial charge in [0, 0.05) is 25.2 Å². The summed E-state index contributed by atoms with van der Waals surface area (Å²) in [4.78, 5) is 36.8. The Kier molecular flexibility index (Phi) is 6.29. The molecule has 0 saturated carbocycles. The lowest BCUT2D eigenvalue weighted by molar-refractivity contribution is -0.158. The first-order chi connectivity index (χ1) is 13.9. The quantitative estimate of drug-likeness (QED) is 0.645. The first kappa shape index (κ1) is 20.5. The van der Waals surface area contributed by atoms with Crippen LogP contribution in [0.5, 0.6) is 0 Å². The van der Waals surface area contributed by atoms with Gasteiger partial charge >= 0.3 is 11.9 Å². The summed E-state index contributed by atoms with van der Waals surface area (Å²) in [6.45, 7) is 1.19. The predicted octanol–water partition coefficient (Wildman–Crippen LogP) is 2.45. The second-order valence-corrected chi connectivity index (χ2v) is 7.26. The number of nitrogens with two attached hydrogens (primary N) is 1. The van der Waals surface area contributed by atoms with Crippen molar-refractivity contribution in [3.05, 3.63) is 59.7 Å². The Morgan fingerprint density at radius 2 is 1.38 bits per heavy atom. The first-order valence-electron chi connectivity index (χ1n) is 9.55. The summed E-state index contributed by atoms with van der Waals surface area (Å²) in [7, 11) is 0. The van der Waals surface area contributed by atoms with Crippen LogP contribution in [0.15, 0.2) is 48.5 Å². The molecule has 1 aliphatic heterocycles. The van der Waals surface area contributed by atoms with E-state index in [0.29, 0.717) is 38.0 Å². The largest absolute Gasteiger partial charge is 0.481 e. The molecule has 1 aliphatic rings. The van der Waals surface area contributed by atoms with Crippen LogP contribution < -0.4 is 5.73 Å². The fourth-order valence-electron chi connectivity index (χ4n) is 3.77. The molecule has 152 valence electrons. The van der Waals surface area contributed by atoms with Crippen LogP contribution in [0.4, 0.5) is 0 Å². The predicted molar refractivity (Wildman–Crippen MR) is 107 cm³/mol. The number of carbonyl (C=O) groups is 3. The van der Waals surface area contributed by atoms with Gasteiger partial charge in [-0.15, -0.1) is 0 Å². The minimum absolute atomic E-state index is 0.129. The molecule has 3 rings (SSSR count). The van der Waals surface area contributed by atoms with E-state index in [1.165, 1.54) is 0 Å². The second-order valence-electron chi connectivity index (χ2n) is 7.26. The highest BCUT2D eigenvalue weighted by Gasteiger charge is 2.37. The molecule has 2 aromatic carbocycles. The summed E-state index contributed by atoms with van der Waals surface area (Å²) in [6.07, 6.45) is 0.723. The number of amides is 1. The van der Waals surface area contributed by atoms with Crippen LogP contribution in [-0.4, -0.2) is 46.0 Å². The Morgan fingerprint density at radius 3 is 1.83 bits per heavy atom. The van der Waals surface area contributed by atoms with Gasteiger partial charge in [-0.25, -0.2) is 0 Å². The third kappa shape index (κ3) is 4.63. The topological polar surface area (TPSA) is 121 Å². The third-order valence-electron chi connectivity index (χ3n) is 5.49. The van der Waals surface area contributed by atoms with Crippen molar-refractivity contribution in [3.8, 4) is 11.1 Å². The van der Waals surface area contributed by atoms with Crippen molar-refractivity contribution in [2.24, 2.45) is 17.6 Å². The Morgan fingerprint density at radius 1 is 0.897 bits per heavy atom. The molecule has 4 N–H and O–H groups in total. The monoisotopic (exact) mass is 396 g/mol. The number of piperidine rings is 1. The molecular weight excluding hydrogens is 372 g/mol. The molecule has 0 radical (unpaired) electrons. The zero-order valence-electron chi connectivity index (χ0n) is 16.0. The van der Waals surface area contributed by atoms with Gasteiger partial charge in [0.05, 0.1) is 0 Å². The second kappa shape index (κ2) is 8.87. The van der Waals surface area contributed by atoms with E-state index in [0.717, 1.165) is 16.7 Å². The maximum atomic E-state index is 12.8. The van der Waals surface area contributed by atoms with Gasteiger partial charge in [0.1, 0.15) is 0 Å². The number of benzene rings is 2. The van der Waals surface area contributed by atoms with Gasteiger partial charge in [-0.05, 0) is 47.6 Å². The van der Waals surface area contributed by atoms with E-state index >= 15 is 0 Å². The van der Waals surface area contributed by atoms with Crippen LogP contribution in [0.2, 0.25) is 0 Å². The lowest BCUT2D eigenvalue weighted by Gasteiger charge is -2.33. The van der Waals surface area contributed by atoms with E-state index in [9.17, 15) is 14.4 Å². The van der Waals surface area contributed by atoms with E-state index in [2.05, 4.69) is 0 Å². The normalized spacial score (nSPS) is 14.8. The molecule has 7 nitrogen and oxygen atoms in total. The van der Waals surface area contributed by atoms with Crippen LogP contribution >= 0.6 is 0 Å². The van der Waals surface area contributed by atoms with Crippen LogP contribution in [0.25, 0.3) is 11.1 Å². The lowest BCUT2D eigenvalue weighted by atomic mass is 9.84. The number of hydrogen-bond acceptors (Lipinski definition) is 4. The molecule has 0 aromatic heterocycles. The van der Waals surface area contributed by atoms with Gasteiger partial charge in [0.2, 0.25) is 0 Å². The molecule has 1 heterocycles. The number of aliphatic carboxylic acids is 2. The molecular formula is C22H24N2O5. The molecule has 0 bridgehead atoms. The van der Waals surface area contributed by atoms with Crippen molar-refractivity contribution in [1.29, 1.82) is 0 Å². The smallest absolute Gasteiger partial charge is 0.318 e. The van der Waals surface area contributed by atoms with Crippen molar-refractivity contribution in [2.45, 2.75) is 19.4 Å². The number of hydrogen-bond donors (Lipinski definition) is 3. The number of carbonyl (C=O) groups excluding carboxylic acids is 1. The van der Waals surface area contributed by atoms with Gasteiger partial charge in [-0.3, -0.25) is 14.4 Å². The molecule has 0 aliphatic carbocycles. The van der Waals surface area contributed by atoms with Crippen LogP contribution in [-0.2, 0) is 16.1 Å². The Balaban J connectivity index is 1.64. The number of carboxylic acids is 2. The third-order valence-corrected chi connectivity index (χ3v) is 5.49. The van der Waals surface area contributed by atoms with E-state index < -0.39 is 23.8 Å². The number of rotatable bonds is 6. The van der Waals surface area contributed by atoms with E-state index in [4.69, 9.17) is 15.9 Å². The average Bonchev–Trinajstić information content (AvgIpc) is 2.73. The molecule has 0 unspecified atom stereocenters. The fraction of sp³-hybridized carbons (Fsp3) is 0.318. The maximum absolute atomic E-state index is 12.8. The highest BCUT2D eigenvalue weighted by Crippen LogP contribution is 2.27. The molecule has 0 atom stereocenters. The summed E-state index contributed by atoms with van der Waals surface area (Å²) in [5.41, 5.74) is 9.26. The van der Waals surface area contributed by atoms with Crippen LogP contribution in [0, 0.1) is 11.8 Å². The summed E-state index contributed by atoms with van der Waals surface area (Å²) in [5.74, 6) is -4.66. The summed E-state index contributed by atoms with van der Waals surface area (Å²) in [5, 5.41) is 18.3. The zero-order chi connectivity index (χ0) is 21.0. The number of likely N-dealkylation sites (tertiary alicyclic amines) is 1. The standard InChI is InChI=1S/C22H24N2O5/c23-13-14-1-3-15(4-2-14)16-5-7-18(8-6-16)20(25)24-11-9-17(10-12-24)19(21(26)27)22(28)29/h1-8,17,19H,9-13,23H2,(H,26,27)(H,28,29). The van der Waals surface area contributed by atoms with Crippen LogP contribution in [0.1, 0.15) is 28.8 Å². The zero-order valence-corrected chi connectivity index (χ0v) is 16.0. The van der Waals surface area contributed by atoms with Gasteiger partial charge in [-0.2, -0.15) is 0 Å². The SMILES string of the molecule is NCc1ccc(-c2ccc(C(=O)N3CCC(C(C(=O)O)C(=O)O)CC3)cc2)cc1. The summed E-state index contributed by atoms with van der Waals surface area (Å²) >= 11 is 0. The van der Waals surface area contributed by atoms with Gasteiger partial charge in [0.25, 0.3) is 5.91 Å². The first-order valence-corrected chi connectivity index (χ1v) is 9.55. The minimum atomic E-state index is -1.42. The number of nitrogens with zero attached hydrogens (tertiary/aromatic N) is 1. The molecule has 2 aromatic rings. The molecule has 1 fully saturated rings. The average molecular weight is 396 g/mol. The van der Waals surface area contributed by atoms with E-state index in [1.807, 2.05) is 36.4 Å². The minimum Gasteiger partial charge on any atom is -0.481 e. The molecule has 7 heteroatoms. The summed E-state index contributed by atoms with van der Waals surface area (Å²) < 4.78 is 0. The number of carboxylic acid groups (broad SMARTS) is 2. The molecule has 29 heavy (non-hydrogen) atoms. The van der Waals surface area contributed by atoms with E-state index in [1.54, 1.807) is 17.0 Å². The highest BCUT2D eigenvalue weighted by molar-refractivity contribution is 5.95. The lowest BCUT2D eigenvalue weighted by Crippen LogP contribution is -2.43. The van der Waals surface area contributed by atoms with E-state index in [-0.39, 0.29) is 5.91 Å². The van der Waals surface area contributed by atoms with Gasteiger partial charge in [-0.1, -0.05) is 36.4 Å². The molecule has 1 amide bonds. The maximum Gasteiger partial charge on any atom is 0.318 e. The van der Waals surface area contributed by atoms with Gasteiger partial charge in [0.15, 0.2) is 5.92 Å². The summed E-state index contributed by atoms with van der Waals surface area (Å²) in [6, 6.07) is 15.3. The molecule has 0 spiro atoms. The Labute approximate surface area is 168 Å². The van der Waals surface area contributed by atoms with Crippen molar-refractivity contribution < 1.29 is 24.6 Å². The van der Waals surface area contributed by atoms with Crippen molar-refractivity contribution in [2.75, 3.05) is 13.1 Å². The Bertz CT molecular complexity index is 870. The van der Waals surface area contributed by atoms with Crippen molar-refractivity contribution in [3.63, 3.8) is 0 Å².